The molecule has 0 spiro atoms. The molecule has 4 fully saturated rings. The molecule has 9 unspecified atom stereocenters. The van der Waals surface area contributed by atoms with Crippen molar-refractivity contribution in [3.63, 3.8) is 0 Å². The van der Waals surface area contributed by atoms with Crippen LogP contribution in [0.2, 0.25) is 0 Å². The Morgan fingerprint density at radius 3 is 2.21 bits per heavy atom. The van der Waals surface area contributed by atoms with Gasteiger partial charge in [-0.15, -0.1) is 0 Å². The minimum absolute atomic E-state index is 0.0926. The number of rotatable bonds is 1. The maximum atomic E-state index is 13.5. The summed E-state index contributed by atoms with van der Waals surface area (Å²) in [7, 11) is 0. The van der Waals surface area contributed by atoms with Gasteiger partial charge < -0.3 is 10.2 Å². The van der Waals surface area contributed by atoms with E-state index >= 15 is 0 Å². The van der Waals surface area contributed by atoms with Gasteiger partial charge in [-0.1, -0.05) is 52.7 Å². The highest BCUT2D eigenvalue weighted by Crippen LogP contribution is 2.76. The average Bonchev–Trinajstić information content (AvgIpc) is 2.73. The Hall–Kier alpha value is -0.830. The molecule has 5 rings (SSSR count). The number of aliphatic carboxylic acids is 1. The summed E-state index contributed by atoms with van der Waals surface area (Å²) in [5.74, 6) is 1.16. The third-order valence-electron chi connectivity index (χ3n) is 13.1. The maximum Gasteiger partial charge on any atom is 0.310 e. The second-order valence-corrected chi connectivity index (χ2v) is 14.4. The van der Waals surface area contributed by atoms with Gasteiger partial charge in [0.05, 0.1) is 11.5 Å². The van der Waals surface area contributed by atoms with Crippen LogP contribution in [0.5, 0.6) is 0 Å². The molecule has 0 aliphatic heterocycles. The lowest BCUT2D eigenvalue weighted by Crippen LogP contribution is -2.68. The number of hydrogen-bond donors (Lipinski definition) is 2. The van der Waals surface area contributed by atoms with Crippen LogP contribution in [0, 0.1) is 50.7 Å². The molecule has 0 saturated heterocycles. The molecule has 0 heterocycles. The van der Waals surface area contributed by atoms with Crippen LogP contribution in [0.15, 0.2) is 11.1 Å². The summed E-state index contributed by atoms with van der Waals surface area (Å²) in [6, 6.07) is 0. The van der Waals surface area contributed by atoms with Crippen molar-refractivity contribution in [2.75, 3.05) is 0 Å². The van der Waals surface area contributed by atoms with Crippen LogP contribution in [-0.4, -0.2) is 22.3 Å². The molecular formula is C30H48O3. The Bertz CT molecular complexity index is 887. The van der Waals surface area contributed by atoms with Crippen molar-refractivity contribution in [3.8, 4) is 0 Å². The maximum absolute atomic E-state index is 13.5. The number of hydrogen-bond acceptors (Lipinski definition) is 2. The number of aliphatic hydroxyl groups is 1. The monoisotopic (exact) mass is 456 g/mol. The van der Waals surface area contributed by atoms with Gasteiger partial charge in [-0.05, 0) is 116 Å². The third-order valence-corrected chi connectivity index (χ3v) is 13.1. The summed E-state index contributed by atoms with van der Waals surface area (Å²) in [5, 5.41) is 22.0. The fraction of sp³-hybridized carbons (Fsp3) is 0.900. The molecule has 3 heteroatoms. The van der Waals surface area contributed by atoms with E-state index in [2.05, 4.69) is 48.5 Å². The summed E-state index contributed by atoms with van der Waals surface area (Å²) in [6.07, 6.45) is 10.2. The van der Waals surface area contributed by atoms with Gasteiger partial charge in [0.1, 0.15) is 0 Å². The lowest BCUT2D eigenvalue weighted by atomic mass is 9.32. The van der Waals surface area contributed by atoms with E-state index in [1.54, 1.807) is 5.57 Å². The molecule has 0 aromatic heterocycles. The summed E-state index contributed by atoms with van der Waals surface area (Å²) in [6.45, 7) is 16.5. The van der Waals surface area contributed by atoms with Crippen LogP contribution >= 0.6 is 0 Å². The predicted molar refractivity (Wildman–Crippen MR) is 133 cm³/mol. The van der Waals surface area contributed by atoms with Gasteiger partial charge in [0.15, 0.2) is 0 Å². The lowest BCUT2D eigenvalue weighted by molar-refractivity contribution is -0.237. The highest BCUT2D eigenvalue weighted by Gasteiger charge is 2.72. The van der Waals surface area contributed by atoms with Crippen molar-refractivity contribution in [1.82, 2.24) is 0 Å². The topological polar surface area (TPSA) is 57.5 Å². The fourth-order valence-corrected chi connectivity index (χ4v) is 11.1. The average molecular weight is 457 g/mol. The van der Waals surface area contributed by atoms with Crippen molar-refractivity contribution in [2.24, 2.45) is 50.7 Å². The van der Waals surface area contributed by atoms with Gasteiger partial charge in [-0.3, -0.25) is 4.79 Å². The standard InChI is InChI=1S/C30H48O3/c1-18-10-13-27(5)16-17-30(25(32)33)20(24(27)19(18)2)8-9-22-28(6)14-12-23(31)26(3,4)21(28)11-15-29(22,30)7/h18,20-23,31H,8-17H2,1-7H3,(H,32,33). The van der Waals surface area contributed by atoms with Crippen LogP contribution in [0.1, 0.15) is 113 Å². The smallest absolute Gasteiger partial charge is 0.310 e. The number of aliphatic hydroxyl groups excluding tert-OH is 1. The number of fused-ring (bicyclic) bond motifs is 7. The van der Waals surface area contributed by atoms with Gasteiger partial charge >= 0.3 is 5.97 Å². The largest absolute Gasteiger partial charge is 0.481 e. The molecule has 0 amide bonds. The zero-order chi connectivity index (χ0) is 24.2. The molecule has 9 atom stereocenters. The second kappa shape index (κ2) is 7.11. The van der Waals surface area contributed by atoms with E-state index < -0.39 is 11.4 Å². The van der Waals surface area contributed by atoms with Gasteiger partial charge in [-0.2, -0.15) is 0 Å². The first-order valence-electron chi connectivity index (χ1n) is 13.9. The molecule has 3 nitrogen and oxygen atoms in total. The molecule has 33 heavy (non-hydrogen) atoms. The SMILES string of the molecule is CC1=C2C3CCC4C5(C)CCC(O)C(C)(C)C5CCC4(C)C3(C(=O)O)CCC2(C)CCC1C. The van der Waals surface area contributed by atoms with E-state index in [0.29, 0.717) is 17.8 Å². The minimum atomic E-state index is -0.642. The van der Waals surface area contributed by atoms with Crippen LogP contribution in [-0.2, 0) is 4.79 Å². The molecule has 0 radical (unpaired) electrons. The Morgan fingerprint density at radius 2 is 1.55 bits per heavy atom. The van der Waals surface area contributed by atoms with Gasteiger partial charge in [0.25, 0.3) is 0 Å². The number of carboxylic acid groups (broad SMARTS) is 1. The van der Waals surface area contributed by atoms with Crippen LogP contribution in [0.3, 0.4) is 0 Å². The zero-order valence-electron chi connectivity index (χ0n) is 22.3. The van der Waals surface area contributed by atoms with Crippen LogP contribution in [0.25, 0.3) is 0 Å². The zero-order valence-corrected chi connectivity index (χ0v) is 22.3. The van der Waals surface area contributed by atoms with E-state index in [0.717, 1.165) is 51.4 Å². The van der Waals surface area contributed by atoms with E-state index in [1.807, 2.05) is 0 Å². The van der Waals surface area contributed by atoms with E-state index in [9.17, 15) is 15.0 Å². The summed E-state index contributed by atoms with van der Waals surface area (Å²) < 4.78 is 0. The highest BCUT2D eigenvalue weighted by atomic mass is 16.4. The summed E-state index contributed by atoms with van der Waals surface area (Å²) in [4.78, 5) is 13.5. The summed E-state index contributed by atoms with van der Waals surface area (Å²) >= 11 is 0. The van der Waals surface area contributed by atoms with E-state index in [1.165, 1.54) is 18.4 Å². The van der Waals surface area contributed by atoms with Crippen molar-refractivity contribution in [2.45, 2.75) is 119 Å². The van der Waals surface area contributed by atoms with Crippen molar-refractivity contribution >= 4 is 5.97 Å². The van der Waals surface area contributed by atoms with E-state index in [4.69, 9.17) is 0 Å². The quantitative estimate of drug-likeness (QED) is 0.409. The number of allylic oxidation sites excluding steroid dienone is 2. The first-order valence-corrected chi connectivity index (χ1v) is 13.9. The molecule has 5 aliphatic carbocycles. The van der Waals surface area contributed by atoms with Gasteiger partial charge in [0.2, 0.25) is 0 Å². The van der Waals surface area contributed by atoms with Crippen molar-refractivity contribution in [1.29, 1.82) is 0 Å². The molecular weight excluding hydrogens is 408 g/mol. The molecule has 4 saturated carbocycles. The van der Waals surface area contributed by atoms with Crippen LogP contribution < -0.4 is 0 Å². The second-order valence-electron chi connectivity index (χ2n) is 14.4. The van der Waals surface area contributed by atoms with E-state index in [-0.39, 0.29) is 33.7 Å². The normalized spacial score (nSPS) is 53.4. The van der Waals surface area contributed by atoms with Gasteiger partial charge in [0, 0.05) is 0 Å². The summed E-state index contributed by atoms with van der Waals surface area (Å²) in [5.41, 5.74) is 2.47. The lowest BCUT2D eigenvalue weighted by Gasteiger charge is -2.71. The molecule has 0 aromatic rings. The minimum Gasteiger partial charge on any atom is -0.481 e. The van der Waals surface area contributed by atoms with Gasteiger partial charge in [-0.25, -0.2) is 0 Å². The molecule has 2 N–H and O–H groups in total. The van der Waals surface area contributed by atoms with Crippen molar-refractivity contribution < 1.29 is 15.0 Å². The Morgan fingerprint density at radius 1 is 0.848 bits per heavy atom. The third kappa shape index (κ3) is 2.75. The Kier molecular flexibility index (Phi) is 5.15. The number of carbonyl (C=O) groups is 1. The first-order chi connectivity index (χ1) is 15.3. The highest BCUT2D eigenvalue weighted by molar-refractivity contribution is 5.78. The molecule has 186 valence electrons. The van der Waals surface area contributed by atoms with Crippen molar-refractivity contribution in [3.05, 3.63) is 11.1 Å². The fourth-order valence-electron chi connectivity index (χ4n) is 11.1. The molecule has 0 bridgehead atoms. The predicted octanol–water partition coefficient (Wildman–Crippen LogP) is 7.23. The van der Waals surface area contributed by atoms with Crippen LogP contribution in [0.4, 0.5) is 0 Å². The number of carboxylic acids is 1. The Balaban J connectivity index is 1.65. The first kappa shape index (κ1) is 23.9. The molecule has 5 aliphatic rings. The molecule has 0 aromatic carbocycles. The Labute approximate surface area is 201 Å².